The summed E-state index contributed by atoms with van der Waals surface area (Å²) in [5.74, 6) is -0.885. The van der Waals surface area contributed by atoms with Gasteiger partial charge in [-0.25, -0.2) is 4.57 Å². The topological polar surface area (TPSA) is 108 Å². The van der Waals surface area contributed by atoms with Gasteiger partial charge in [-0.2, -0.15) is 0 Å². The number of unbranched alkanes of at least 4 members (excludes halogenated alkanes) is 28. The number of quaternary nitrogens is 1. The molecular formula is C56H105NO8P+. The molecule has 0 fully saturated rings. The van der Waals surface area contributed by atoms with Crippen molar-refractivity contribution in [3.63, 3.8) is 0 Å². The summed E-state index contributed by atoms with van der Waals surface area (Å²) < 4.78 is 34.3. The lowest BCUT2D eigenvalue weighted by atomic mass is 10.0. The van der Waals surface area contributed by atoms with Crippen LogP contribution in [-0.2, 0) is 32.7 Å². The lowest BCUT2D eigenvalue weighted by Crippen LogP contribution is -2.37. The Bertz CT molecular complexity index is 1260. The number of nitrogens with zero attached hydrogens (tertiary/aromatic N) is 1. The molecule has 66 heavy (non-hydrogen) atoms. The van der Waals surface area contributed by atoms with E-state index in [0.717, 1.165) is 44.9 Å². The summed E-state index contributed by atoms with van der Waals surface area (Å²) in [5, 5.41) is 0. The third-order valence-corrected chi connectivity index (χ3v) is 12.9. The van der Waals surface area contributed by atoms with Crippen LogP contribution < -0.4 is 0 Å². The third-order valence-electron chi connectivity index (χ3n) is 11.9. The fourth-order valence-electron chi connectivity index (χ4n) is 7.68. The van der Waals surface area contributed by atoms with Crippen LogP contribution in [0.1, 0.15) is 245 Å². The van der Waals surface area contributed by atoms with Crippen molar-refractivity contribution in [1.82, 2.24) is 0 Å². The molecule has 0 rings (SSSR count). The zero-order chi connectivity index (χ0) is 48.5. The highest BCUT2D eigenvalue weighted by molar-refractivity contribution is 7.47. The predicted molar refractivity (Wildman–Crippen MR) is 280 cm³/mol. The summed E-state index contributed by atoms with van der Waals surface area (Å²) in [5.41, 5.74) is 0. The van der Waals surface area contributed by atoms with Crippen LogP contribution in [0.4, 0.5) is 0 Å². The van der Waals surface area contributed by atoms with E-state index in [4.69, 9.17) is 18.5 Å². The number of rotatable bonds is 50. The van der Waals surface area contributed by atoms with Gasteiger partial charge in [0.05, 0.1) is 27.7 Å². The molecule has 1 N–H and O–H groups in total. The van der Waals surface area contributed by atoms with Crippen molar-refractivity contribution in [3.05, 3.63) is 48.6 Å². The first-order valence-electron chi connectivity index (χ1n) is 27.4. The Morgan fingerprint density at radius 1 is 0.485 bits per heavy atom. The third kappa shape index (κ3) is 51.4. The Morgan fingerprint density at radius 2 is 0.864 bits per heavy atom. The molecule has 0 radical (unpaired) electrons. The lowest BCUT2D eigenvalue weighted by Gasteiger charge is -2.24. The van der Waals surface area contributed by atoms with E-state index in [1.807, 2.05) is 33.3 Å². The number of phosphoric ester groups is 1. The summed E-state index contributed by atoms with van der Waals surface area (Å²) in [7, 11) is 1.44. The van der Waals surface area contributed by atoms with Crippen LogP contribution in [0.2, 0.25) is 0 Å². The van der Waals surface area contributed by atoms with E-state index in [1.54, 1.807) is 0 Å². The molecule has 0 aliphatic rings. The van der Waals surface area contributed by atoms with E-state index in [1.165, 1.54) is 167 Å². The zero-order valence-corrected chi connectivity index (χ0v) is 44.6. The van der Waals surface area contributed by atoms with Gasteiger partial charge in [0, 0.05) is 12.8 Å². The molecule has 0 saturated carbocycles. The van der Waals surface area contributed by atoms with E-state index in [9.17, 15) is 19.0 Å². The number of phosphoric acid groups is 1. The molecule has 10 heteroatoms. The average molecular weight is 951 g/mol. The number of carbonyl (C=O) groups excluding carboxylic acids is 2. The van der Waals surface area contributed by atoms with Crippen molar-refractivity contribution < 1.29 is 42.1 Å². The van der Waals surface area contributed by atoms with Crippen LogP contribution in [-0.4, -0.2) is 74.9 Å². The van der Waals surface area contributed by atoms with Gasteiger partial charge in [0.2, 0.25) is 0 Å². The van der Waals surface area contributed by atoms with Gasteiger partial charge in [0.1, 0.15) is 19.8 Å². The normalized spacial score (nSPS) is 13.7. The monoisotopic (exact) mass is 951 g/mol. The molecule has 0 aromatic carbocycles. The zero-order valence-electron chi connectivity index (χ0n) is 43.7. The predicted octanol–water partition coefficient (Wildman–Crippen LogP) is 16.6. The number of hydrogen-bond donors (Lipinski definition) is 1. The van der Waals surface area contributed by atoms with Crippen LogP contribution >= 0.6 is 7.82 Å². The van der Waals surface area contributed by atoms with Gasteiger partial charge in [0.15, 0.2) is 6.10 Å². The second kappa shape index (κ2) is 48.0. The van der Waals surface area contributed by atoms with Gasteiger partial charge in [0.25, 0.3) is 0 Å². The molecule has 2 atom stereocenters. The average Bonchev–Trinajstić information content (AvgIpc) is 3.27. The van der Waals surface area contributed by atoms with Crippen LogP contribution in [0.25, 0.3) is 0 Å². The summed E-state index contributed by atoms with van der Waals surface area (Å²) >= 11 is 0. The van der Waals surface area contributed by atoms with Crippen LogP contribution in [0.5, 0.6) is 0 Å². The van der Waals surface area contributed by atoms with Gasteiger partial charge >= 0.3 is 19.8 Å². The van der Waals surface area contributed by atoms with Crippen molar-refractivity contribution in [1.29, 1.82) is 0 Å². The van der Waals surface area contributed by atoms with E-state index in [2.05, 4.69) is 50.3 Å². The minimum Gasteiger partial charge on any atom is -0.462 e. The van der Waals surface area contributed by atoms with Crippen molar-refractivity contribution in [2.45, 2.75) is 251 Å². The first kappa shape index (κ1) is 64.0. The molecule has 0 spiro atoms. The lowest BCUT2D eigenvalue weighted by molar-refractivity contribution is -0.870. The second-order valence-electron chi connectivity index (χ2n) is 19.6. The SMILES string of the molecule is CC/C=C\C/C=C\C/C=C\C/C=C\CCC(=O)OC(COC(=O)CCCCCCCCCCCCCCCCCCCCCCCCCCCCCCC)COP(=O)(O)OCC[N+](C)(C)C. The Hall–Kier alpha value is -2.03. The van der Waals surface area contributed by atoms with Crippen molar-refractivity contribution in [2.24, 2.45) is 0 Å². The quantitative estimate of drug-likeness (QED) is 0.0211. The van der Waals surface area contributed by atoms with E-state index in [0.29, 0.717) is 17.4 Å². The molecule has 0 aliphatic carbocycles. The van der Waals surface area contributed by atoms with E-state index >= 15 is 0 Å². The fourth-order valence-corrected chi connectivity index (χ4v) is 8.42. The fraction of sp³-hybridized carbons (Fsp3) is 0.821. The molecule has 0 amide bonds. The van der Waals surface area contributed by atoms with Crippen LogP contribution in [0.3, 0.4) is 0 Å². The Morgan fingerprint density at radius 3 is 1.26 bits per heavy atom. The molecule has 0 aliphatic heterocycles. The summed E-state index contributed by atoms with van der Waals surface area (Å²) in [4.78, 5) is 35.5. The maximum absolute atomic E-state index is 12.7. The van der Waals surface area contributed by atoms with Gasteiger partial charge in [-0.3, -0.25) is 18.6 Å². The highest BCUT2D eigenvalue weighted by atomic mass is 31.2. The van der Waals surface area contributed by atoms with Crippen molar-refractivity contribution in [2.75, 3.05) is 47.5 Å². The standard InChI is InChI=1S/C56H104NO8P/c1-6-8-10-12-14-16-18-20-21-22-23-24-25-26-27-28-29-30-31-32-33-34-35-37-38-40-42-44-46-48-55(58)62-52-54(53-64-66(60,61)63-51-50-57(3,4)5)65-56(59)49-47-45-43-41-39-36-19-17-15-13-11-9-7-2/h9,11,15,17,36,39,43,45,54H,6-8,10,12-14,16,18-35,37-38,40-42,44,46-53H2,1-5H3/p+1/b11-9-,17-15-,39-36-,45-43-. The maximum atomic E-state index is 12.7. The van der Waals surface area contributed by atoms with E-state index < -0.39 is 26.5 Å². The minimum absolute atomic E-state index is 0.0191. The first-order chi connectivity index (χ1) is 32.0. The van der Waals surface area contributed by atoms with Gasteiger partial charge < -0.3 is 18.9 Å². The number of carbonyl (C=O) groups is 2. The summed E-state index contributed by atoms with van der Waals surface area (Å²) in [6.07, 6.45) is 59.4. The maximum Gasteiger partial charge on any atom is 0.472 e. The highest BCUT2D eigenvalue weighted by Crippen LogP contribution is 2.43. The van der Waals surface area contributed by atoms with Crippen molar-refractivity contribution in [3.8, 4) is 0 Å². The van der Waals surface area contributed by atoms with E-state index in [-0.39, 0.29) is 32.0 Å². The number of likely N-dealkylation sites (N-methyl/N-ethyl adjacent to an activating group) is 1. The summed E-state index contributed by atoms with van der Waals surface area (Å²) in [6, 6.07) is 0. The first-order valence-corrected chi connectivity index (χ1v) is 28.9. The number of ether oxygens (including phenoxy) is 2. The number of allylic oxidation sites excluding steroid dienone is 8. The van der Waals surface area contributed by atoms with Gasteiger partial charge in [-0.15, -0.1) is 0 Å². The van der Waals surface area contributed by atoms with Crippen LogP contribution in [0, 0.1) is 0 Å². The Balaban J connectivity index is 4.06. The number of hydrogen-bond acceptors (Lipinski definition) is 7. The largest absolute Gasteiger partial charge is 0.472 e. The van der Waals surface area contributed by atoms with Gasteiger partial charge in [-0.05, 0) is 38.5 Å². The molecule has 0 bridgehead atoms. The second-order valence-corrected chi connectivity index (χ2v) is 21.0. The van der Waals surface area contributed by atoms with Crippen molar-refractivity contribution >= 4 is 19.8 Å². The van der Waals surface area contributed by atoms with Gasteiger partial charge in [-0.1, -0.05) is 242 Å². The minimum atomic E-state index is -4.40. The molecule has 0 heterocycles. The van der Waals surface area contributed by atoms with Crippen LogP contribution in [0.15, 0.2) is 48.6 Å². The Kier molecular flexibility index (Phi) is 46.5. The molecule has 9 nitrogen and oxygen atoms in total. The Labute approximate surface area is 407 Å². The summed E-state index contributed by atoms with van der Waals surface area (Å²) in [6.45, 7) is 4.25. The highest BCUT2D eigenvalue weighted by Gasteiger charge is 2.27. The molecule has 2 unspecified atom stereocenters. The molecule has 0 aromatic heterocycles. The number of esters is 2. The molecular weight excluding hydrogens is 846 g/mol. The smallest absolute Gasteiger partial charge is 0.462 e. The molecule has 0 aromatic rings. The molecule has 0 saturated heterocycles. The molecule has 386 valence electrons.